The minimum absolute atomic E-state index is 0.0452. The number of furan rings is 1. The number of carbonyl (C=O) groups is 2. The molecule has 1 fully saturated rings. The maximum Gasteiger partial charge on any atom is 0.291 e. The van der Waals surface area contributed by atoms with Gasteiger partial charge in [0.2, 0.25) is 0 Å². The van der Waals surface area contributed by atoms with Gasteiger partial charge in [0.25, 0.3) is 11.8 Å². The van der Waals surface area contributed by atoms with Crippen LogP contribution in [0.15, 0.2) is 71.3 Å². The highest BCUT2D eigenvalue weighted by atomic mass is 35.5. The second-order valence-corrected chi connectivity index (χ2v) is 7.88. The molecule has 1 saturated heterocycles. The fourth-order valence-electron chi connectivity index (χ4n) is 3.51. The molecular weight excluding hydrogens is 430 g/mol. The molecule has 1 aromatic heterocycles. The smallest absolute Gasteiger partial charge is 0.291 e. The Balaban J connectivity index is 1.25. The topological polar surface area (TPSA) is 75.0 Å². The number of benzene rings is 2. The standard InChI is InChI=1S/C24H24ClN3O4/c25-19-6-8-21(9-7-19)31-16-14-27-10-12-28(13-11-27)24(30)18-3-1-4-20(17-18)26-23(29)22-5-2-15-32-22/h1-9,15,17H,10-14,16H2,(H,26,29). The monoisotopic (exact) mass is 453 g/mol. The van der Waals surface area contributed by atoms with Gasteiger partial charge in [0.05, 0.1) is 6.26 Å². The Morgan fingerprint density at radius 3 is 2.50 bits per heavy atom. The van der Waals surface area contributed by atoms with E-state index in [-0.39, 0.29) is 17.6 Å². The zero-order valence-corrected chi connectivity index (χ0v) is 18.3. The first-order valence-corrected chi connectivity index (χ1v) is 10.8. The Hall–Kier alpha value is -3.29. The average molecular weight is 454 g/mol. The van der Waals surface area contributed by atoms with E-state index in [9.17, 15) is 9.59 Å². The van der Waals surface area contributed by atoms with Gasteiger partial charge in [-0.3, -0.25) is 14.5 Å². The molecule has 1 aliphatic heterocycles. The Morgan fingerprint density at radius 1 is 1.00 bits per heavy atom. The summed E-state index contributed by atoms with van der Waals surface area (Å²) < 4.78 is 10.9. The SMILES string of the molecule is O=C(Nc1cccc(C(=O)N2CCN(CCOc3ccc(Cl)cc3)CC2)c1)c1ccco1. The number of halogens is 1. The van der Waals surface area contributed by atoms with Crippen molar-refractivity contribution in [1.29, 1.82) is 0 Å². The zero-order valence-electron chi connectivity index (χ0n) is 17.5. The van der Waals surface area contributed by atoms with E-state index >= 15 is 0 Å². The molecule has 7 nitrogen and oxygen atoms in total. The minimum Gasteiger partial charge on any atom is -0.492 e. The van der Waals surface area contributed by atoms with E-state index in [1.807, 2.05) is 17.0 Å². The van der Waals surface area contributed by atoms with E-state index in [0.717, 1.165) is 25.4 Å². The molecule has 0 saturated carbocycles. The highest BCUT2D eigenvalue weighted by molar-refractivity contribution is 6.30. The molecule has 3 aromatic rings. The van der Waals surface area contributed by atoms with E-state index < -0.39 is 0 Å². The van der Waals surface area contributed by atoms with Crippen molar-refractivity contribution in [3.63, 3.8) is 0 Å². The summed E-state index contributed by atoms with van der Waals surface area (Å²) in [5, 5.41) is 3.44. The van der Waals surface area contributed by atoms with E-state index in [1.54, 1.807) is 48.5 Å². The van der Waals surface area contributed by atoms with Crippen molar-refractivity contribution in [2.75, 3.05) is 44.6 Å². The van der Waals surface area contributed by atoms with Crippen LogP contribution < -0.4 is 10.1 Å². The van der Waals surface area contributed by atoms with Crippen LogP contribution in [0.2, 0.25) is 5.02 Å². The first-order chi connectivity index (χ1) is 15.6. The van der Waals surface area contributed by atoms with Crippen molar-refractivity contribution < 1.29 is 18.7 Å². The summed E-state index contributed by atoms with van der Waals surface area (Å²) in [5.41, 5.74) is 1.09. The number of hydrogen-bond acceptors (Lipinski definition) is 5. The summed E-state index contributed by atoms with van der Waals surface area (Å²) >= 11 is 5.88. The molecule has 1 N–H and O–H groups in total. The Labute approximate surface area is 191 Å². The van der Waals surface area contributed by atoms with Crippen LogP contribution in [-0.2, 0) is 0 Å². The number of rotatable bonds is 7. The van der Waals surface area contributed by atoms with E-state index in [2.05, 4.69) is 10.2 Å². The van der Waals surface area contributed by atoms with Crippen LogP contribution >= 0.6 is 11.6 Å². The van der Waals surface area contributed by atoms with Crippen LogP contribution in [0.25, 0.3) is 0 Å². The highest BCUT2D eigenvalue weighted by Crippen LogP contribution is 2.17. The largest absolute Gasteiger partial charge is 0.492 e. The molecule has 0 bridgehead atoms. The summed E-state index contributed by atoms with van der Waals surface area (Å²) in [6.07, 6.45) is 1.44. The molecule has 0 spiro atoms. The average Bonchev–Trinajstić information content (AvgIpc) is 3.36. The lowest BCUT2D eigenvalue weighted by molar-refractivity contribution is 0.0620. The number of nitrogens with zero attached hydrogens (tertiary/aromatic N) is 2. The van der Waals surface area contributed by atoms with E-state index in [4.69, 9.17) is 20.8 Å². The van der Waals surface area contributed by atoms with E-state index in [1.165, 1.54) is 6.26 Å². The molecule has 32 heavy (non-hydrogen) atoms. The Bertz CT molecular complexity index is 1050. The molecule has 2 amide bonds. The number of anilines is 1. The first-order valence-electron chi connectivity index (χ1n) is 10.4. The van der Waals surface area contributed by atoms with Gasteiger partial charge in [-0.15, -0.1) is 0 Å². The van der Waals surface area contributed by atoms with Crippen molar-refractivity contribution in [2.45, 2.75) is 0 Å². The van der Waals surface area contributed by atoms with Crippen LogP contribution in [0.4, 0.5) is 5.69 Å². The molecule has 0 aliphatic carbocycles. The van der Waals surface area contributed by atoms with Crippen LogP contribution in [0.1, 0.15) is 20.9 Å². The van der Waals surface area contributed by atoms with Crippen LogP contribution in [0, 0.1) is 0 Å². The van der Waals surface area contributed by atoms with Gasteiger partial charge in [-0.1, -0.05) is 17.7 Å². The summed E-state index contributed by atoms with van der Waals surface area (Å²) in [7, 11) is 0. The highest BCUT2D eigenvalue weighted by Gasteiger charge is 2.22. The van der Waals surface area contributed by atoms with Crippen LogP contribution in [0.5, 0.6) is 5.75 Å². The van der Waals surface area contributed by atoms with Crippen molar-refractivity contribution in [2.24, 2.45) is 0 Å². The molecule has 2 heterocycles. The summed E-state index contributed by atoms with van der Waals surface area (Å²) in [6, 6.07) is 17.5. The quantitative estimate of drug-likeness (QED) is 0.584. The fourth-order valence-corrected chi connectivity index (χ4v) is 3.64. The van der Waals surface area contributed by atoms with Gasteiger partial charge < -0.3 is 19.4 Å². The lowest BCUT2D eigenvalue weighted by atomic mass is 10.1. The predicted octanol–water partition coefficient (Wildman–Crippen LogP) is 4.02. The van der Waals surface area contributed by atoms with Crippen molar-refractivity contribution in [3.8, 4) is 5.75 Å². The Morgan fingerprint density at radius 2 is 1.78 bits per heavy atom. The van der Waals surface area contributed by atoms with Crippen LogP contribution in [0.3, 0.4) is 0 Å². The number of hydrogen-bond donors (Lipinski definition) is 1. The molecule has 0 radical (unpaired) electrons. The first kappa shape index (κ1) is 21.9. The van der Waals surface area contributed by atoms with E-state index in [0.29, 0.717) is 36.0 Å². The second kappa shape index (κ2) is 10.3. The zero-order chi connectivity index (χ0) is 22.3. The van der Waals surface area contributed by atoms with Gasteiger partial charge in [0.1, 0.15) is 12.4 Å². The molecular formula is C24H24ClN3O4. The lowest BCUT2D eigenvalue weighted by Crippen LogP contribution is -2.49. The summed E-state index contributed by atoms with van der Waals surface area (Å²) in [6.45, 7) is 4.22. The van der Waals surface area contributed by atoms with Gasteiger partial charge in [-0.25, -0.2) is 0 Å². The van der Waals surface area contributed by atoms with Gasteiger partial charge >= 0.3 is 0 Å². The molecule has 8 heteroatoms. The summed E-state index contributed by atoms with van der Waals surface area (Å²) in [4.78, 5) is 29.2. The molecule has 2 aromatic carbocycles. The number of piperazine rings is 1. The fraction of sp³-hybridized carbons (Fsp3) is 0.250. The van der Waals surface area contributed by atoms with Gasteiger partial charge in [-0.2, -0.15) is 0 Å². The van der Waals surface area contributed by atoms with Crippen molar-refractivity contribution in [1.82, 2.24) is 9.80 Å². The molecule has 0 unspecified atom stereocenters. The normalized spacial score (nSPS) is 14.2. The Kier molecular flexibility index (Phi) is 7.09. The van der Waals surface area contributed by atoms with Gasteiger partial charge in [0.15, 0.2) is 5.76 Å². The van der Waals surface area contributed by atoms with Crippen molar-refractivity contribution >= 4 is 29.1 Å². The molecule has 166 valence electrons. The summed E-state index contributed by atoms with van der Waals surface area (Å²) in [5.74, 6) is 0.616. The third-order valence-corrected chi connectivity index (χ3v) is 5.51. The van der Waals surface area contributed by atoms with Crippen molar-refractivity contribution in [3.05, 3.63) is 83.3 Å². The van der Waals surface area contributed by atoms with Crippen LogP contribution in [-0.4, -0.2) is 60.9 Å². The molecule has 0 atom stereocenters. The predicted molar refractivity (Wildman–Crippen MR) is 122 cm³/mol. The number of amides is 2. The maximum atomic E-state index is 12.9. The number of nitrogens with one attached hydrogen (secondary N) is 1. The number of ether oxygens (including phenoxy) is 1. The molecule has 4 rings (SSSR count). The third kappa shape index (κ3) is 5.69. The molecule has 1 aliphatic rings. The second-order valence-electron chi connectivity index (χ2n) is 7.45. The van der Waals surface area contributed by atoms with Gasteiger partial charge in [-0.05, 0) is 54.6 Å². The van der Waals surface area contributed by atoms with Gasteiger partial charge in [0, 0.05) is 49.0 Å². The number of carbonyl (C=O) groups excluding carboxylic acids is 2. The lowest BCUT2D eigenvalue weighted by Gasteiger charge is -2.34. The minimum atomic E-state index is -0.353. The maximum absolute atomic E-state index is 12.9. The third-order valence-electron chi connectivity index (χ3n) is 5.26.